The van der Waals surface area contributed by atoms with E-state index in [0.29, 0.717) is 22.5 Å². The predicted octanol–water partition coefficient (Wildman–Crippen LogP) is 2.08. The summed E-state index contributed by atoms with van der Waals surface area (Å²) in [5, 5.41) is 0. The van der Waals surface area contributed by atoms with E-state index >= 15 is 0 Å². The standard InChI is InChI=1S/C16H13F5N2O4S2/c17-10-1-3-13(12(19)9-10)28(24,25)22-5-7-23(8-6-22)29(26,27)14-4-2-11(18)15(20)16(14)21/h1-4,9H,5-8H2. The number of benzene rings is 2. The van der Waals surface area contributed by atoms with E-state index < -0.39 is 85.1 Å². The molecule has 13 heteroatoms. The van der Waals surface area contributed by atoms with Crippen LogP contribution in [-0.4, -0.2) is 51.6 Å². The number of hydrogen-bond donors (Lipinski definition) is 0. The van der Waals surface area contributed by atoms with E-state index in [0.717, 1.165) is 16.4 Å². The van der Waals surface area contributed by atoms with Crippen LogP contribution in [0.1, 0.15) is 0 Å². The van der Waals surface area contributed by atoms with Crippen LogP contribution in [0.4, 0.5) is 22.0 Å². The van der Waals surface area contributed by atoms with E-state index in [2.05, 4.69) is 0 Å². The van der Waals surface area contributed by atoms with Crippen LogP contribution < -0.4 is 0 Å². The molecule has 0 spiro atoms. The molecule has 2 aromatic rings. The summed E-state index contributed by atoms with van der Waals surface area (Å²) in [4.78, 5) is -1.86. The molecule has 0 N–H and O–H groups in total. The first-order valence-corrected chi connectivity index (χ1v) is 10.9. The molecule has 2 aromatic carbocycles. The lowest BCUT2D eigenvalue weighted by atomic mass is 10.3. The third kappa shape index (κ3) is 3.86. The van der Waals surface area contributed by atoms with Crippen LogP contribution in [0.25, 0.3) is 0 Å². The van der Waals surface area contributed by atoms with E-state index in [1.807, 2.05) is 0 Å². The number of sulfonamides is 2. The van der Waals surface area contributed by atoms with Crippen molar-refractivity contribution in [2.75, 3.05) is 26.2 Å². The monoisotopic (exact) mass is 456 g/mol. The van der Waals surface area contributed by atoms with Crippen LogP contribution in [0.2, 0.25) is 0 Å². The Bertz CT molecular complexity index is 1160. The minimum Gasteiger partial charge on any atom is -0.207 e. The Balaban J connectivity index is 1.82. The highest BCUT2D eigenvalue weighted by Gasteiger charge is 2.36. The zero-order valence-electron chi connectivity index (χ0n) is 14.4. The highest BCUT2D eigenvalue weighted by molar-refractivity contribution is 7.89. The van der Waals surface area contributed by atoms with Crippen LogP contribution >= 0.6 is 0 Å². The van der Waals surface area contributed by atoms with Crippen molar-refractivity contribution in [1.29, 1.82) is 0 Å². The minimum atomic E-state index is -4.57. The number of rotatable bonds is 4. The summed E-state index contributed by atoms with van der Waals surface area (Å²) < 4.78 is 119. The Kier molecular flexibility index (Phi) is 5.69. The SMILES string of the molecule is O=S(=O)(c1ccc(F)cc1F)N1CCN(S(=O)(=O)c2ccc(F)c(F)c2F)CC1. The van der Waals surface area contributed by atoms with Gasteiger partial charge < -0.3 is 0 Å². The summed E-state index contributed by atoms with van der Waals surface area (Å²) in [6.45, 7) is -1.71. The van der Waals surface area contributed by atoms with Crippen LogP contribution in [-0.2, 0) is 20.0 Å². The summed E-state index contributed by atoms with van der Waals surface area (Å²) in [6.07, 6.45) is 0. The maximum atomic E-state index is 13.9. The maximum Gasteiger partial charge on any atom is 0.246 e. The number of hydrogen-bond acceptors (Lipinski definition) is 4. The van der Waals surface area contributed by atoms with Gasteiger partial charge in [-0.15, -0.1) is 0 Å². The van der Waals surface area contributed by atoms with E-state index in [4.69, 9.17) is 0 Å². The van der Waals surface area contributed by atoms with E-state index in [-0.39, 0.29) is 0 Å². The van der Waals surface area contributed by atoms with Crippen molar-refractivity contribution in [2.24, 2.45) is 0 Å². The molecule has 0 saturated carbocycles. The molecular weight excluding hydrogens is 443 g/mol. The van der Waals surface area contributed by atoms with E-state index in [1.165, 1.54) is 0 Å². The Morgan fingerprint density at radius 1 is 0.621 bits per heavy atom. The zero-order valence-corrected chi connectivity index (χ0v) is 16.1. The van der Waals surface area contributed by atoms with Crippen molar-refractivity contribution < 1.29 is 38.8 Å². The number of nitrogens with zero attached hydrogens (tertiary/aromatic N) is 2. The third-order valence-corrected chi connectivity index (χ3v) is 8.17. The fourth-order valence-electron chi connectivity index (χ4n) is 2.82. The van der Waals surface area contributed by atoms with Crippen LogP contribution in [0.3, 0.4) is 0 Å². The molecule has 1 aliphatic rings. The molecular formula is C16H13F5N2O4S2. The molecule has 0 radical (unpaired) electrons. The summed E-state index contributed by atoms with van der Waals surface area (Å²) in [6, 6.07) is 2.95. The second-order valence-corrected chi connectivity index (χ2v) is 9.87. The normalized spacial score (nSPS) is 16.9. The average molecular weight is 456 g/mol. The molecule has 0 aromatic heterocycles. The molecule has 3 rings (SSSR count). The van der Waals surface area contributed by atoms with Gasteiger partial charge >= 0.3 is 0 Å². The molecule has 1 saturated heterocycles. The first-order chi connectivity index (χ1) is 13.5. The highest BCUT2D eigenvalue weighted by Crippen LogP contribution is 2.26. The third-order valence-electron chi connectivity index (χ3n) is 4.33. The van der Waals surface area contributed by atoms with Crippen molar-refractivity contribution in [3.05, 3.63) is 59.4 Å². The highest BCUT2D eigenvalue weighted by atomic mass is 32.2. The number of piperazine rings is 1. The molecule has 0 unspecified atom stereocenters. The fourth-order valence-corrected chi connectivity index (χ4v) is 5.77. The lowest BCUT2D eigenvalue weighted by Crippen LogP contribution is -2.50. The molecule has 1 fully saturated rings. The molecule has 0 atom stereocenters. The van der Waals surface area contributed by atoms with Gasteiger partial charge in [-0.3, -0.25) is 0 Å². The first-order valence-electron chi connectivity index (χ1n) is 8.05. The summed E-state index contributed by atoms with van der Waals surface area (Å²) in [7, 11) is -8.95. The molecule has 0 bridgehead atoms. The summed E-state index contributed by atoms with van der Waals surface area (Å²) in [5.74, 6) is -7.65. The van der Waals surface area contributed by atoms with Crippen LogP contribution in [0.5, 0.6) is 0 Å². The summed E-state index contributed by atoms with van der Waals surface area (Å²) in [5.41, 5.74) is 0. The van der Waals surface area contributed by atoms with Gasteiger partial charge in [0.25, 0.3) is 0 Å². The van der Waals surface area contributed by atoms with Gasteiger partial charge in [0, 0.05) is 32.2 Å². The zero-order chi connectivity index (χ0) is 21.6. The van der Waals surface area contributed by atoms with E-state index in [1.54, 1.807) is 0 Å². The van der Waals surface area contributed by atoms with Crippen molar-refractivity contribution in [3.8, 4) is 0 Å². The van der Waals surface area contributed by atoms with Crippen molar-refractivity contribution in [1.82, 2.24) is 8.61 Å². The van der Waals surface area contributed by atoms with Gasteiger partial charge in [0.2, 0.25) is 20.0 Å². The van der Waals surface area contributed by atoms with Crippen molar-refractivity contribution in [3.63, 3.8) is 0 Å². The van der Waals surface area contributed by atoms with Gasteiger partial charge in [-0.25, -0.2) is 38.8 Å². The second kappa shape index (κ2) is 7.63. The Morgan fingerprint density at radius 3 is 1.62 bits per heavy atom. The molecule has 1 heterocycles. The lowest BCUT2D eigenvalue weighted by Gasteiger charge is -2.33. The molecule has 158 valence electrons. The first kappa shape index (κ1) is 21.6. The summed E-state index contributed by atoms with van der Waals surface area (Å²) >= 11 is 0. The molecule has 29 heavy (non-hydrogen) atoms. The van der Waals surface area contributed by atoms with Crippen molar-refractivity contribution >= 4 is 20.0 Å². The quantitative estimate of drug-likeness (QED) is 0.522. The topological polar surface area (TPSA) is 74.8 Å². The van der Waals surface area contributed by atoms with Gasteiger partial charge in [-0.2, -0.15) is 8.61 Å². The Hall–Kier alpha value is -2.09. The van der Waals surface area contributed by atoms with Gasteiger partial charge in [0.15, 0.2) is 17.5 Å². The number of halogens is 5. The molecule has 6 nitrogen and oxygen atoms in total. The Morgan fingerprint density at radius 2 is 1.10 bits per heavy atom. The minimum absolute atomic E-state index is 0.402. The second-order valence-electron chi connectivity index (χ2n) is 6.06. The molecule has 1 aliphatic heterocycles. The van der Waals surface area contributed by atoms with Crippen LogP contribution in [0, 0.1) is 29.1 Å². The molecule has 0 amide bonds. The van der Waals surface area contributed by atoms with Gasteiger partial charge in [0.1, 0.15) is 21.4 Å². The van der Waals surface area contributed by atoms with E-state index in [9.17, 15) is 38.8 Å². The fraction of sp³-hybridized carbons (Fsp3) is 0.250. The van der Waals surface area contributed by atoms with Gasteiger partial charge in [0.05, 0.1) is 0 Å². The largest absolute Gasteiger partial charge is 0.246 e. The lowest BCUT2D eigenvalue weighted by molar-refractivity contribution is 0.271. The molecule has 0 aliphatic carbocycles. The smallest absolute Gasteiger partial charge is 0.207 e. The van der Waals surface area contributed by atoms with Gasteiger partial charge in [-0.1, -0.05) is 0 Å². The average Bonchev–Trinajstić information content (AvgIpc) is 2.65. The van der Waals surface area contributed by atoms with Crippen LogP contribution in [0.15, 0.2) is 40.1 Å². The maximum absolute atomic E-state index is 13.9. The van der Waals surface area contributed by atoms with Gasteiger partial charge in [-0.05, 0) is 24.3 Å². The Labute approximate surface area is 163 Å². The van der Waals surface area contributed by atoms with Crippen molar-refractivity contribution in [2.45, 2.75) is 9.79 Å². The predicted molar refractivity (Wildman–Crippen MR) is 90.2 cm³/mol.